The van der Waals surface area contributed by atoms with Crippen molar-refractivity contribution in [1.82, 2.24) is 10.2 Å². The molecule has 5 aliphatic carbocycles. The van der Waals surface area contributed by atoms with Crippen LogP contribution in [0.2, 0.25) is 0 Å². The molecule has 1 aromatic rings. The van der Waals surface area contributed by atoms with Crippen molar-refractivity contribution in [2.24, 2.45) is 56.7 Å². The largest absolute Gasteiger partial charge is 0.393 e. The van der Waals surface area contributed by atoms with Crippen LogP contribution in [0, 0.1) is 56.7 Å². The van der Waals surface area contributed by atoms with Gasteiger partial charge in [0.2, 0.25) is 0 Å². The van der Waals surface area contributed by atoms with Gasteiger partial charge in [-0.2, -0.15) is 0 Å². The van der Waals surface area contributed by atoms with E-state index in [-0.39, 0.29) is 11.5 Å². The van der Waals surface area contributed by atoms with E-state index in [0.717, 1.165) is 43.8 Å². The van der Waals surface area contributed by atoms with E-state index in [0.29, 0.717) is 33.5 Å². The number of nitrogens with zero attached hydrogens (tertiary/aromatic N) is 2. The maximum absolute atomic E-state index is 11.1. The van der Waals surface area contributed by atoms with E-state index < -0.39 is 0 Å². The van der Waals surface area contributed by atoms with Gasteiger partial charge >= 0.3 is 0 Å². The highest BCUT2D eigenvalue weighted by molar-refractivity contribution is 5.46. The Bertz CT molecular complexity index is 1270. The van der Waals surface area contributed by atoms with Gasteiger partial charge in [0.1, 0.15) is 0 Å². The molecule has 7 rings (SSSR count). The molecule has 1 heterocycles. The molecule has 10 atom stereocenters. The second kappa shape index (κ2) is 12.4. The Morgan fingerprint density at radius 2 is 1.55 bits per heavy atom. The number of rotatable bonds is 8. The fourth-order valence-corrected chi connectivity index (χ4v) is 14.3. The van der Waals surface area contributed by atoms with E-state index in [9.17, 15) is 5.11 Å². The highest BCUT2D eigenvalue weighted by Gasteiger charge is 2.70. The summed E-state index contributed by atoms with van der Waals surface area (Å²) in [5, 5.41) is 15.1. The van der Waals surface area contributed by atoms with Crippen LogP contribution in [0.25, 0.3) is 0 Å². The molecule has 4 nitrogen and oxygen atoms in total. The first kappa shape index (κ1) is 34.1. The fourth-order valence-electron chi connectivity index (χ4n) is 14.3. The van der Waals surface area contributed by atoms with Gasteiger partial charge in [0.15, 0.2) is 0 Å². The van der Waals surface area contributed by atoms with E-state index in [1.165, 1.54) is 102 Å². The first-order valence-corrected chi connectivity index (χ1v) is 19.9. The van der Waals surface area contributed by atoms with E-state index in [4.69, 9.17) is 0 Å². The second-order valence-electron chi connectivity index (χ2n) is 19.1. The van der Waals surface area contributed by atoms with E-state index in [1.807, 2.05) is 0 Å². The highest BCUT2D eigenvalue weighted by Crippen LogP contribution is 2.77. The zero-order chi connectivity index (χ0) is 33.2. The Morgan fingerprint density at radius 3 is 2.28 bits per heavy atom. The number of aliphatic hydroxyl groups is 1. The molecule has 0 bridgehead atoms. The van der Waals surface area contributed by atoms with Gasteiger partial charge in [-0.05, 0) is 153 Å². The molecule has 0 amide bonds. The quantitative estimate of drug-likeness (QED) is 0.219. The van der Waals surface area contributed by atoms with Crippen LogP contribution < -0.4 is 10.2 Å². The number of para-hydroxylation sites is 1. The maximum atomic E-state index is 11.1. The second-order valence-corrected chi connectivity index (χ2v) is 19.1. The van der Waals surface area contributed by atoms with Gasteiger partial charge in [0, 0.05) is 45.0 Å². The number of anilines is 1. The summed E-state index contributed by atoms with van der Waals surface area (Å²) in [5.74, 6) is 3.77. The predicted molar refractivity (Wildman–Crippen MR) is 198 cm³/mol. The smallest absolute Gasteiger partial charge is 0.0594 e. The van der Waals surface area contributed by atoms with Gasteiger partial charge in [-0.1, -0.05) is 65.0 Å². The Morgan fingerprint density at radius 1 is 0.809 bits per heavy atom. The zero-order valence-electron chi connectivity index (χ0n) is 31.1. The number of hydrogen-bond donors (Lipinski definition) is 2. The van der Waals surface area contributed by atoms with Gasteiger partial charge in [-0.3, -0.25) is 4.90 Å². The van der Waals surface area contributed by atoms with Crippen molar-refractivity contribution in [1.29, 1.82) is 0 Å². The van der Waals surface area contributed by atoms with E-state index in [2.05, 4.69) is 93.6 Å². The molecule has 1 saturated heterocycles. The van der Waals surface area contributed by atoms with E-state index in [1.54, 1.807) is 0 Å². The average molecular weight is 644 g/mol. The number of nitrogens with one attached hydrogen (secondary N) is 1. The number of aliphatic hydroxyl groups excluding tert-OH is 1. The normalized spacial score (nSPS) is 44.6. The summed E-state index contributed by atoms with van der Waals surface area (Å²) in [7, 11) is 0. The van der Waals surface area contributed by atoms with Crippen molar-refractivity contribution in [3.63, 3.8) is 0 Å². The maximum Gasteiger partial charge on any atom is 0.0594 e. The standard InChI is InChI=1S/C43H69N3O/c1-31(2)33-15-20-43(23-24-44-25-26-45-27-29-46(30-28-45)32-11-9-8-10-12-32)22-21-41(6)34(38(33)43)13-14-36-40(5)18-17-37(47)39(3,4)35(40)16-19-42(36,41)7/h8-12,33-38,44,47H,1,13-30H2,2-7H3/t33-,34+,35-,36+,37-,38+,40-,41+,42+,43+/m0/s1. The minimum Gasteiger partial charge on any atom is -0.393 e. The van der Waals surface area contributed by atoms with Crippen molar-refractivity contribution >= 4 is 5.69 Å². The molecule has 0 aromatic heterocycles. The molecule has 0 radical (unpaired) electrons. The van der Waals surface area contributed by atoms with Crippen LogP contribution in [0.5, 0.6) is 0 Å². The lowest BCUT2D eigenvalue weighted by Gasteiger charge is -2.73. The summed E-state index contributed by atoms with van der Waals surface area (Å²) in [6.45, 7) is 28.1. The van der Waals surface area contributed by atoms with Crippen molar-refractivity contribution < 1.29 is 5.11 Å². The van der Waals surface area contributed by atoms with Crippen LogP contribution in [-0.2, 0) is 0 Å². The van der Waals surface area contributed by atoms with Crippen LogP contribution in [0.4, 0.5) is 5.69 Å². The molecular formula is C43H69N3O. The average Bonchev–Trinajstić information content (AvgIpc) is 3.44. The zero-order valence-corrected chi connectivity index (χ0v) is 31.1. The Hall–Kier alpha value is -1.36. The molecule has 5 saturated carbocycles. The molecule has 0 unspecified atom stereocenters. The molecule has 6 fully saturated rings. The Kier molecular flexibility index (Phi) is 9.03. The van der Waals surface area contributed by atoms with Crippen molar-refractivity contribution in [2.45, 2.75) is 118 Å². The minimum absolute atomic E-state index is 0.0355. The first-order valence-electron chi connectivity index (χ1n) is 19.9. The Balaban J connectivity index is 1.01. The van der Waals surface area contributed by atoms with Crippen LogP contribution in [0.1, 0.15) is 112 Å². The third-order valence-corrected chi connectivity index (χ3v) is 17.1. The van der Waals surface area contributed by atoms with Gasteiger partial charge in [0.05, 0.1) is 6.10 Å². The van der Waals surface area contributed by atoms with Crippen LogP contribution in [0.15, 0.2) is 42.5 Å². The molecule has 6 aliphatic rings. The SMILES string of the molecule is C=C(C)[C@@H]1CC[C@]2(CCNCCN3CCN(c4ccccc4)CC3)CC[C@]3(C)[C@H](CC[C@@H]4[C@@]5(C)CC[C@H](O)C(C)(C)[C@@H]5CC[C@]43C)[C@@H]12. The van der Waals surface area contributed by atoms with Crippen LogP contribution >= 0.6 is 0 Å². The summed E-state index contributed by atoms with van der Waals surface area (Å²) >= 11 is 0. The molecule has 2 N–H and O–H groups in total. The number of allylic oxidation sites excluding steroid dienone is 1. The molecule has 0 spiro atoms. The molecule has 4 heteroatoms. The topological polar surface area (TPSA) is 38.7 Å². The minimum atomic E-state index is -0.138. The third-order valence-electron chi connectivity index (χ3n) is 17.1. The lowest BCUT2D eigenvalue weighted by atomic mass is 9.32. The molecular weight excluding hydrogens is 574 g/mol. The summed E-state index contributed by atoms with van der Waals surface area (Å²) in [4.78, 5) is 5.20. The lowest BCUT2D eigenvalue weighted by molar-refractivity contribution is -0.247. The van der Waals surface area contributed by atoms with Crippen molar-refractivity contribution in [2.75, 3.05) is 50.7 Å². The molecule has 1 aliphatic heterocycles. The first-order chi connectivity index (χ1) is 22.4. The van der Waals surface area contributed by atoms with E-state index >= 15 is 0 Å². The number of fused-ring (bicyclic) bond motifs is 7. The third kappa shape index (κ3) is 5.40. The van der Waals surface area contributed by atoms with Gasteiger partial charge < -0.3 is 15.3 Å². The summed E-state index contributed by atoms with van der Waals surface area (Å²) in [6, 6.07) is 10.9. The Labute approximate surface area is 288 Å². The van der Waals surface area contributed by atoms with Crippen molar-refractivity contribution in [3.8, 4) is 0 Å². The van der Waals surface area contributed by atoms with Crippen LogP contribution in [-0.4, -0.2) is 61.9 Å². The monoisotopic (exact) mass is 644 g/mol. The number of benzene rings is 1. The van der Waals surface area contributed by atoms with Gasteiger partial charge in [-0.15, -0.1) is 0 Å². The predicted octanol–water partition coefficient (Wildman–Crippen LogP) is 8.81. The molecule has 47 heavy (non-hydrogen) atoms. The van der Waals surface area contributed by atoms with Gasteiger partial charge in [-0.25, -0.2) is 0 Å². The summed E-state index contributed by atoms with van der Waals surface area (Å²) in [6.07, 6.45) is 14.5. The lowest BCUT2D eigenvalue weighted by Crippen LogP contribution is -2.66. The molecule has 262 valence electrons. The highest BCUT2D eigenvalue weighted by atomic mass is 16.3. The van der Waals surface area contributed by atoms with Gasteiger partial charge in [0.25, 0.3) is 0 Å². The fraction of sp³-hybridized carbons (Fsp3) is 0.814. The van der Waals surface area contributed by atoms with Crippen molar-refractivity contribution in [3.05, 3.63) is 42.5 Å². The molecule has 1 aromatic carbocycles. The number of hydrogen-bond acceptors (Lipinski definition) is 4. The summed E-state index contributed by atoms with van der Waals surface area (Å²) in [5.41, 5.74) is 4.53. The summed E-state index contributed by atoms with van der Waals surface area (Å²) < 4.78 is 0. The number of piperazine rings is 1. The van der Waals surface area contributed by atoms with Crippen LogP contribution in [0.3, 0.4) is 0 Å².